The number of para-hydroxylation sites is 4. The summed E-state index contributed by atoms with van der Waals surface area (Å²) in [5.41, 5.74) is 4.86. The van der Waals surface area contributed by atoms with Gasteiger partial charge < -0.3 is 20.4 Å². The number of quaternary nitrogens is 1. The molecule has 4 rings (SSSR count). The van der Waals surface area contributed by atoms with E-state index in [0.29, 0.717) is 30.2 Å². The lowest BCUT2D eigenvalue weighted by molar-refractivity contribution is -0.138. The maximum Gasteiger partial charge on any atom is 0.303 e. The minimum atomic E-state index is -0.711. The molecule has 49 heavy (non-hydrogen) atoms. The van der Waals surface area contributed by atoms with Crippen LogP contribution in [0.15, 0.2) is 121 Å². The molecular weight excluding hydrogens is 622 g/mol. The number of nitrogens with zero attached hydrogens (tertiary/aromatic N) is 1. The van der Waals surface area contributed by atoms with E-state index in [0.717, 1.165) is 25.7 Å². The van der Waals surface area contributed by atoms with Gasteiger partial charge in [0, 0.05) is 74.2 Å². The Hall–Kier alpha value is -5.28. The van der Waals surface area contributed by atoms with Crippen molar-refractivity contribution in [3.05, 3.63) is 121 Å². The number of carboxylic acid groups (broad SMARTS) is 4. The normalized spacial score (nSPS) is 9.71. The van der Waals surface area contributed by atoms with E-state index in [-0.39, 0.29) is 0 Å². The van der Waals surface area contributed by atoms with Crippen LogP contribution in [-0.2, 0) is 19.2 Å². The summed E-state index contributed by atoms with van der Waals surface area (Å²) in [6.45, 7) is 7.37. The van der Waals surface area contributed by atoms with Crippen molar-refractivity contribution in [1.29, 1.82) is 0 Å². The Bertz CT molecular complexity index is 1220. The van der Waals surface area contributed by atoms with Crippen LogP contribution in [0.1, 0.15) is 79.1 Å². The van der Waals surface area contributed by atoms with Gasteiger partial charge in [0.2, 0.25) is 0 Å². The molecule has 0 aliphatic carbocycles. The highest BCUT2D eigenvalue weighted by Crippen LogP contribution is 2.50. The molecule has 0 spiro atoms. The summed E-state index contributed by atoms with van der Waals surface area (Å²) in [5.74, 6) is -2.84. The van der Waals surface area contributed by atoms with E-state index in [9.17, 15) is 19.2 Å². The topological polar surface area (TPSA) is 149 Å². The molecule has 4 N–H and O–H groups in total. The van der Waals surface area contributed by atoms with Crippen LogP contribution in [-0.4, -0.2) is 44.3 Å². The molecule has 9 nitrogen and oxygen atoms in total. The zero-order valence-electron chi connectivity index (χ0n) is 29.1. The number of hydrogen-bond donors (Lipinski definition) is 4. The first-order chi connectivity index (χ1) is 23.5. The maximum absolute atomic E-state index is 9.60. The summed E-state index contributed by atoms with van der Waals surface area (Å²) in [5, 5.41) is 31.7. The van der Waals surface area contributed by atoms with Gasteiger partial charge in [-0.05, 0) is 25.7 Å². The molecule has 0 atom stereocenters. The molecule has 0 heterocycles. The Kier molecular flexibility index (Phi) is 23.9. The van der Waals surface area contributed by atoms with Crippen LogP contribution >= 0.6 is 0 Å². The SMILES string of the molecule is CCCC(=O)O.CCCC(=O)O.CCCC(=O)O.CCCC(=O)O.c1ccc([N+](c2ccccc2)(c2ccccc2)c2ccccc2)cc1. The molecule has 0 fully saturated rings. The third-order valence-electron chi connectivity index (χ3n) is 6.43. The first kappa shape index (κ1) is 43.7. The molecule has 0 amide bonds. The highest BCUT2D eigenvalue weighted by Gasteiger charge is 2.38. The van der Waals surface area contributed by atoms with Gasteiger partial charge in [-0.2, -0.15) is 4.48 Å². The van der Waals surface area contributed by atoms with Crippen LogP contribution in [0.4, 0.5) is 22.7 Å². The molecule has 0 saturated heterocycles. The highest BCUT2D eigenvalue weighted by atomic mass is 16.4. The van der Waals surface area contributed by atoms with Gasteiger partial charge in [0.15, 0.2) is 0 Å². The van der Waals surface area contributed by atoms with Gasteiger partial charge >= 0.3 is 23.9 Å². The number of benzene rings is 4. The first-order valence-corrected chi connectivity index (χ1v) is 16.5. The quantitative estimate of drug-likeness (QED) is 0.108. The Morgan fingerprint density at radius 1 is 0.367 bits per heavy atom. The van der Waals surface area contributed by atoms with Crippen LogP contribution in [0.3, 0.4) is 0 Å². The van der Waals surface area contributed by atoms with Gasteiger partial charge in [0.05, 0.1) is 0 Å². The largest absolute Gasteiger partial charge is 0.481 e. The molecule has 0 bridgehead atoms. The highest BCUT2D eigenvalue weighted by molar-refractivity contribution is 5.81. The number of aliphatic carboxylic acids is 4. The molecule has 4 aromatic rings. The second-order valence-electron chi connectivity index (χ2n) is 10.6. The molecule has 0 saturated carbocycles. The zero-order valence-corrected chi connectivity index (χ0v) is 29.1. The van der Waals surface area contributed by atoms with Crippen molar-refractivity contribution in [2.24, 2.45) is 0 Å². The van der Waals surface area contributed by atoms with Gasteiger partial charge in [-0.3, -0.25) is 19.2 Å². The van der Waals surface area contributed by atoms with E-state index >= 15 is 0 Å². The molecule has 9 heteroatoms. The average molecular weight is 675 g/mol. The van der Waals surface area contributed by atoms with Crippen molar-refractivity contribution in [2.75, 3.05) is 0 Å². The smallest absolute Gasteiger partial charge is 0.303 e. The molecule has 0 aromatic heterocycles. The number of carboxylic acids is 4. The summed E-state index contributed by atoms with van der Waals surface area (Å²) in [6, 6.07) is 42.8. The Morgan fingerprint density at radius 3 is 0.633 bits per heavy atom. The fraction of sp³-hybridized carbons (Fsp3) is 0.300. The second kappa shape index (κ2) is 26.8. The Balaban J connectivity index is 0.000000783. The van der Waals surface area contributed by atoms with Gasteiger partial charge in [0.25, 0.3) is 0 Å². The van der Waals surface area contributed by atoms with E-state index in [4.69, 9.17) is 20.4 Å². The van der Waals surface area contributed by atoms with E-state index in [1.807, 2.05) is 27.7 Å². The summed E-state index contributed by atoms with van der Waals surface area (Å²) in [6.07, 6.45) is 4.09. The molecular formula is C40H52NO8+. The zero-order chi connectivity index (χ0) is 36.9. The molecule has 4 aromatic carbocycles. The lowest BCUT2D eigenvalue weighted by Gasteiger charge is -2.37. The maximum atomic E-state index is 9.60. The fourth-order valence-electron chi connectivity index (χ4n) is 4.36. The van der Waals surface area contributed by atoms with Gasteiger partial charge in [-0.25, -0.2) is 0 Å². The fourth-order valence-corrected chi connectivity index (χ4v) is 4.36. The van der Waals surface area contributed by atoms with E-state index < -0.39 is 23.9 Å². The van der Waals surface area contributed by atoms with Crippen molar-refractivity contribution in [3.63, 3.8) is 0 Å². The van der Waals surface area contributed by atoms with Gasteiger partial charge in [-0.15, -0.1) is 0 Å². The van der Waals surface area contributed by atoms with Gasteiger partial charge in [-0.1, -0.05) is 100 Å². The summed E-state index contributed by atoms with van der Waals surface area (Å²) in [4.78, 5) is 38.4. The Morgan fingerprint density at radius 2 is 0.531 bits per heavy atom. The van der Waals surface area contributed by atoms with Crippen LogP contribution in [0.2, 0.25) is 0 Å². The van der Waals surface area contributed by atoms with Crippen LogP contribution in [0.5, 0.6) is 0 Å². The van der Waals surface area contributed by atoms with Crippen molar-refractivity contribution < 1.29 is 39.6 Å². The standard InChI is InChI=1S/C24H20N.4C4H8O2/c1-5-13-21(14-6-1)25(22-15-7-2-8-16-22,23-17-9-3-10-18-23)24-19-11-4-12-20-24;4*1-2-3-4(5)6/h1-20H;4*2-3H2,1H3,(H,5,6)/q+1;;;;. The molecule has 0 aliphatic heterocycles. The monoisotopic (exact) mass is 674 g/mol. The number of carbonyl (C=O) groups is 4. The predicted molar refractivity (Wildman–Crippen MR) is 197 cm³/mol. The molecule has 264 valence electrons. The molecule has 0 unspecified atom stereocenters. The van der Waals surface area contributed by atoms with Crippen LogP contribution < -0.4 is 4.48 Å². The van der Waals surface area contributed by atoms with Crippen LogP contribution in [0.25, 0.3) is 0 Å². The predicted octanol–water partition coefficient (Wildman–Crippen LogP) is 10.5. The van der Waals surface area contributed by atoms with Crippen molar-refractivity contribution in [2.45, 2.75) is 79.1 Å². The lowest BCUT2D eigenvalue weighted by Crippen LogP contribution is -2.33. The number of hydrogen-bond acceptors (Lipinski definition) is 4. The van der Waals surface area contributed by atoms with E-state index in [2.05, 4.69) is 121 Å². The second-order valence-corrected chi connectivity index (χ2v) is 10.6. The lowest BCUT2D eigenvalue weighted by atomic mass is 10.1. The molecule has 0 radical (unpaired) electrons. The third-order valence-corrected chi connectivity index (χ3v) is 6.43. The minimum absolute atomic E-state index is 0.292. The van der Waals surface area contributed by atoms with Crippen molar-refractivity contribution >= 4 is 46.6 Å². The van der Waals surface area contributed by atoms with Gasteiger partial charge in [0.1, 0.15) is 22.7 Å². The van der Waals surface area contributed by atoms with Crippen molar-refractivity contribution in [3.8, 4) is 0 Å². The third kappa shape index (κ3) is 18.0. The number of rotatable bonds is 12. The summed E-state index contributed by atoms with van der Waals surface area (Å²) >= 11 is 0. The first-order valence-electron chi connectivity index (χ1n) is 16.5. The van der Waals surface area contributed by atoms with E-state index in [1.165, 1.54) is 22.7 Å². The van der Waals surface area contributed by atoms with Crippen LogP contribution in [0, 0.1) is 0 Å². The summed E-state index contributed by atoms with van der Waals surface area (Å²) < 4.78 is 0.559. The average Bonchev–Trinajstić information content (AvgIpc) is 3.08. The summed E-state index contributed by atoms with van der Waals surface area (Å²) in [7, 11) is 0. The molecule has 0 aliphatic rings. The van der Waals surface area contributed by atoms with E-state index in [1.54, 1.807) is 0 Å². The van der Waals surface area contributed by atoms with Crippen molar-refractivity contribution in [1.82, 2.24) is 4.48 Å². The Labute approximate surface area is 290 Å². The minimum Gasteiger partial charge on any atom is -0.481 e.